The van der Waals surface area contributed by atoms with E-state index < -0.39 is 0 Å². The van der Waals surface area contributed by atoms with Crippen molar-refractivity contribution in [1.82, 2.24) is 4.57 Å². The average molecular weight is 469 g/mol. The van der Waals surface area contributed by atoms with Gasteiger partial charge in [-0.3, -0.25) is 9.59 Å². The van der Waals surface area contributed by atoms with Crippen molar-refractivity contribution in [3.05, 3.63) is 73.1 Å². The predicted octanol–water partition coefficient (Wildman–Crippen LogP) is 2.98. The molecule has 3 aromatic rings. The molecule has 156 valence electrons. The Hall–Kier alpha value is -2.81. The molecule has 5 rings (SSSR count). The first-order valence-electron chi connectivity index (χ1n) is 9.48. The minimum Gasteiger partial charge on any atom is -0.337 e. The van der Waals surface area contributed by atoms with Gasteiger partial charge in [-0.25, -0.2) is 0 Å². The lowest BCUT2D eigenvalue weighted by Crippen LogP contribution is -2.33. The molecular formula is C22H17ClN4O2S2. The maximum atomic E-state index is 13.3. The first kappa shape index (κ1) is 20.1. The Bertz CT molecular complexity index is 1470. The molecular weight excluding hydrogens is 452 g/mol. The Morgan fingerprint density at radius 3 is 2.35 bits per heavy atom. The van der Waals surface area contributed by atoms with Gasteiger partial charge >= 0.3 is 0 Å². The van der Waals surface area contributed by atoms with E-state index in [-0.39, 0.29) is 11.5 Å². The van der Waals surface area contributed by atoms with Crippen molar-refractivity contribution in [1.29, 1.82) is 0 Å². The molecule has 2 aliphatic rings. The Morgan fingerprint density at radius 2 is 1.65 bits per heavy atom. The lowest BCUT2D eigenvalue weighted by Gasteiger charge is -2.12. The third-order valence-corrected chi connectivity index (χ3v) is 8.18. The number of hydrogen-bond acceptors (Lipinski definition) is 6. The van der Waals surface area contributed by atoms with E-state index in [1.165, 1.54) is 20.9 Å². The van der Waals surface area contributed by atoms with Crippen molar-refractivity contribution < 1.29 is 4.79 Å². The van der Waals surface area contributed by atoms with Crippen molar-refractivity contribution in [2.45, 2.75) is 11.8 Å². The van der Waals surface area contributed by atoms with E-state index in [0.29, 0.717) is 31.2 Å². The summed E-state index contributed by atoms with van der Waals surface area (Å²) in [6.45, 7) is 1.77. The van der Waals surface area contributed by atoms with Gasteiger partial charge < -0.3 is 9.47 Å². The molecule has 31 heavy (non-hydrogen) atoms. The summed E-state index contributed by atoms with van der Waals surface area (Å²) in [6.07, 6.45) is 0. The zero-order valence-corrected chi connectivity index (χ0v) is 19.3. The van der Waals surface area contributed by atoms with Gasteiger partial charge in [0.2, 0.25) is 0 Å². The number of thiazole rings is 1. The van der Waals surface area contributed by atoms with Gasteiger partial charge in [-0.2, -0.15) is 10.1 Å². The molecule has 9 heteroatoms. The van der Waals surface area contributed by atoms with Crippen LogP contribution in [-0.2, 0) is 11.8 Å². The summed E-state index contributed by atoms with van der Waals surface area (Å²) in [5.41, 5.74) is 2.41. The fourth-order valence-corrected chi connectivity index (χ4v) is 6.39. The van der Waals surface area contributed by atoms with Gasteiger partial charge in [-0.05, 0) is 31.2 Å². The van der Waals surface area contributed by atoms with E-state index in [9.17, 15) is 9.59 Å². The lowest BCUT2D eigenvalue weighted by atomic mass is 10.2. The number of amides is 1. The van der Waals surface area contributed by atoms with Crippen LogP contribution in [0.5, 0.6) is 0 Å². The molecule has 0 saturated carbocycles. The van der Waals surface area contributed by atoms with Crippen LogP contribution in [0.15, 0.2) is 63.3 Å². The van der Waals surface area contributed by atoms with E-state index in [1.54, 1.807) is 50.0 Å². The highest BCUT2D eigenvalue weighted by molar-refractivity contribution is 8.08. The summed E-state index contributed by atoms with van der Waals surface area (Å²) in [7, 11) is 3.64. The summed E-state index contributed by atoms with van der Waals surface area (Å²) in [4.78, 5) is 29.6. The first-order chi connectivity index (χ1) is 14.9. The Balaban J connectivity index is 1.70. The van der Waals surface area contributed by atoms with Crippen LogP contribution < -0.4 is 24.7 Å². The number of nitrogens with zero attached hydrogens (tertiary/aromatic N) is 4. The third-order valence-electron chi connectivity index (χ3n) is 5.25. The number of para-hydroxylation sites is 2. The number of halogens is 1. The number of carbonyl (C=O) groups excluding carboxylic acids is 1. The summed E-state index contributed by atoms with van der Waals surface area (Å²) < 4.78 is 2.72. The second kappa shape index (κ2) is 7.40. The molecule has 0 radical (unpaired) electrons. The molecule has 0 saturated heterocycles. The quantitative estimate of drug-likeness (QED) is 0.551. The van der Waals surface area contributed by atoms with Crippen LogP contribution in [-0.4, -0.2) is 23.2 Å². The van der Waals surface area contributed by atoms with Gasteiger partial charge in [0.1, 0.15) is 14.2 Å². The standard InChI is InChI=1S/C22H17ClN4O2S2/c1-12-17(19(28)27(24-12)14-9-5-4-8-13(14)23)21-26(3)20(29)18(31-21)22-25(2)15-10-6-7-11-16(15)30-22/h4-11H,1-3H3. The fraction of sp³-hybridized carbons (Fsp3) is 0.136. The zero-order valence-electron chi connectivity index (χ0n) is 16.9. The number of benzene rings is 2. The maximum Gasteiger partial charge on any atom is 0.283 e. The van der Waals surface area contributed by atoms with Gasteiger partial charge in [0, 0.05) is 19.0 Å². The average Bonchev–Trinajstić information content (AvgIpc) is 3.35. The monoisotopic (exact) mass is 468 g/mol. The summed E-state index contributed by atoms with van der Waals surface area (Å²) in [5, 5.41) is 7.03. The van der Waals surface area contributed by atoms with Gasteiger partial charge in [0.25, 0.3) is 11.5 Å². The van der Waals surface area contributed by atoms with E-state index in [0.717, 1.165) is 15.6 Å². The van der Waals surface area contributed by atoms with E-state index in [4.69, 9.17) is 11.6 Å². The molecule has 0 N–H and O–H groups in total. The maximum absolute atomic E-state index is 13.3. The Kier molecular flexibility index (Phi) is 4.80. The largest absolute Gasteiger partial charge is 0.337 e. The minimum absolute atomic E-state index is 0.133. The van der Waals surface area contributed by atoms with Crippen LogP contribution >= 0.6 is 34.7 Å². The van der Waals surface area contributed by atoms with Gasteiger partial charge in [0.05, 0.1) is 27.7 Å². The molecule has 3 heterocycles. The smallest absolute Gasteiger partial charge is 0.283 e. The molecule has 0 spiro atoms. The molecule has 2 aliphatic heterocycles. The fourth-order valence-electron chi connectivity index (χ4n) is 3.65. The SMILES string of the molecule is CC1=NN(c2ccccc2Cl)C(=O)C1=c1sc(=C2Sc3ccccc3N2C)c(=O)n1C. The van der Waals surface area contributed by atoms with Crippen molar-refractivity contribution in [3.63, 3.8) is 0 Å². The van der Waals surface area contributed by atoms with Crippen LogP contribution in [0.2, 0.25) is 5.02 Å². The normalized spacial score (nSPS) is 19.2. The second-order valence-corrected chi connectivity index (χ2v) is 9.60. The molecule has 0 atom stereocenters. The van der Waals surface area contributed by atoms with Crippen LogP contribution in [0, 0.1) is 0 Å². The number of hydrogen-bond donors (Lipinski definition) is 0. The van der Waals surface area contributed by atoms with Gasteiger partial charge in [0.15, 0.2) is 0 Å². The molecule has 0 unspecified atom stereocenters. The highest BCUT2D eigenvalue weighted by atomic mass is 35.5. The molecule has 0 bridgehead atoms. The zero-order chi connectivity index (χ0) is 21.9. The van der Waals surface area contributed by atoms with Crippen molar-refractivity contribution in [2.24, 2.45) is 12.1 Å². The molecule has 0 aliphatic carbocycles. The summed E-state index contributed by atoms with van der Waals surface area (Å²) in [6, 6.07) is 15.1. The number of fused-ring (bicyclic) bond motifs is 1. The van der Waals surface area contributed by atoms with Gasteiger partial charge in [-0.15, -0.1) is 11.3 Å². The molecule has 2 aromatic carbocycles. The molecule has 6 nitrogen and oxygen atoms in total. The van der Waals surface area contributed by atoms with Crippen LogP contribution in [0.3, 0.4) is 0 Å². The van der Waals surface area contributed by atoms with Crippen LogP contribution in [0.4, 0.5) is 11.4 Å². The van der Waals surface area contributed by atoms with E-state index >= 15 is 0 Å². The van der Waals surface area contributed by atoms with Crippen LogP contribution in [0.1, 0.15) is 6.92 Å². The van der Waals surface area contributed by atoms with E-state index in [1.807, 2.05) is 36.2 Å². The first-order valence-corrected chi connectivity index (χ1v) is 11.5. The van der Waals surface area contributed by atoms with Crippen molar-refractivity contribution >= 4 is 68.3 Å². The highest BCUT2D eigenvalue weighted by Crippen LogP contribution is 2.44. The van der Waals surface area contributed by atoms with E-state index in [2.05, 4.69) is 5.10 Å². The predicted molar refractivity (Wildman–Crippen MR) is 128 cm³/mol. The number of rotatable bonds is 1. The lowest BCUT2D eigenvalue weighted by molar-refractivity contribution is -0.112. The molecule has 1 amide bonds. The van der Waals surface area contributed by atoms with Crippen molar-refractivity contribution in [2.75, 3.05) is 17.0 Å². The Labute approximate surface area is 191 Å². The minimum atomic E-state index is -0.297. The number of hydrazone groups is 1. The second-order valence-electron chi connectivity index (χ2n) is 7.16. The summed E-state index contributed by atoms with van der Waals surface area (Å²) in [5.74, 6) is -0.297. The number of carbonyl (C=O) groups is 1. The molecule has 1 aromatic heterocycles. The topological polar surface area (TPSA) is 57.9 Å². The number of aromatic nitrogens is 1. The highest BCUT2D eigenvalue weighted by Gasteiger charge is 2.32. The Morgan fingerprint density at radius 1 is 0.968 bits per heavy atom. The third kappa shape index (κ3) is 3.05. The number of thioether (sulfide) groups is 1. The van der Waals surface area contributed by atoms with Crippen molar-refractivity contribution in [3.8, 4) is 0 Å². The van der Waals surface area contributed by atoms with Crippen LogP contribution in [0.25, 0.3) is 10.6 Å². The van der Waals surface area contributed by atoms with Gasteiger partial charge in [-0.1, -0.05) is 47.6 Å². The number of anilines is 2. The summed E-state index contributed by atoms with van der Waals surface area (Å²) >= 11 is 9.16. The molecule has 0 fully saturated rings.